The van der Waals surface area contributed by atoms with Crippen LogP contribution >= 0.6 is 0 Å². The number of alkyl halides is 3. The number of halogens is 3. The normalized spacial score (nSPS) is 14.4. The number of nitrogens with one attached hydrogen (secondary N) is 1. The number of hydrogen-bond acceptors (Lipinski definition) is 4. The van der Waals surface area contributed by atoms with Crippen LogP contribution in [0.5, 0.6) is 0 Å². The lowest BCUT2D eigenvalue weighted by atomic mass is 9.99. The third-order valence-electron chi connectivity index (χ3n) is 4.48. The first-order chi connectivity index (χ1) is 13.4. The fraction of sp³-hybridized carbons (Fsp3) is 0.350. The third kappa shape index (κ3) is 6.04. The minimum absolute atomic E-state index is 0.0450. The van der Waals surface area contributed by atoms with Crippen LogP contribution in [0.4, 0.5) is 13.2 Å². The molecule has 3 N–H and O–H groups in total. The highest BCUT2D eigenvalue weighted by Gasteiger charge is 2.42. The number of rotatable bonds is 8. The van der Waals surface area contributed by atoms with E-state index < -0.39 is 34.0 Å². The fourth-order valence-electron chi connectivity index (χ4n) is 2.94. The van der Waals surface area contributed by atoms with Crippen molar-refractivity contribution in [3.8, 4) is 11.1 Å². The van der Waals surface area contributed by atoms with Crippen molar-refractivity contribution in [2.45, 2.75) is 42.9 Å². The fourth-order valence-corrected chi connectivity index (χ4v) is 3.57. The van der Waals surface area contributed by atoms with Crippen LogP contribution in [-0.4, -0.2) is 32.8 Å². The van der Waals surface area contributed by atoms with Gasteiger partial charge in [-0.15, -0.1) is 0 Å². The second-order valence-corrected chi connectivity index (χ2v) is 8.82. The molecule has 0 heterocycles. The smallest absolute Gasteiger partial charge is 0.368 e. The Morgan fingerprint density at radius 1 is 1.03 bits per heavy atom. The molecule has 0 fully saturated rings. The highest BCUT2D eigenvalue weighted by Crippen LogP contribution is 2.34. The molecule has 0 aliphatic rings. The van der Waals surface area contributed by atoms with Crippen LogP contribution in [0.25, 0.3) is 11.1 Å². The van der Waals surface area contributed by atoms with E-state index in [-0.39, 0.29) is 16.9 Å². The summed E-state index contributed by atoms with van der Waals surface area (Å²) in [5, 5.41) is 2.33. The lowest BCUT2D eigenvalue weighted by Crippen LogP contribution is -2.47. The van der Waals surface area contributed by atoms with Gasteiger partial charge < -0.3 is 5.73 Å². The molecule has 0 spiro atoms. The van der Waals surface area contributed by atoms with Crippen LogP contribution in [0.1, 0.15) is 31.4 Å². The Hall–Kier alpha value is -2.39. The molecule has 0 radical (unpaired) electrons. The average molecular weight is 428 g/mol. The van der Waals surface area contributed by atoms with Crippen LogP contribution in [0.2, 0.25) is 0 Å². The summed E-state index contributed by atoms with van der Waals surface area (Å²) in [6, 6.07) is 8.65. The quantitative estimate of drug-likeness (QED) is 0.672. The molecular weight excluding hydrogens is 405 g/mol. The Bertz CT molecular complexity index is 940. The summed E-state index contributed by atoms with van der Waals surface area (Å²) in [5.41, 5.74) is 6.48. The number of primary amides is 1. The van der Waals surface area contributed by atoms with E-state index in [4.69, 9.17) is 5.73 Å². The molecule has 2 aromatic rings. The second kappa shape index (κ2) is 8.96. The molecule has 0 saturated heterocycles. The molecule has 2 rings (SSSR count). The van der Waals surface area contributed by atoms with E-state index >= 15 is 0 Å². The summed E-state index contributed by atoms with van der Waals surface area (Å²) in [4.78, 5) is 11.6. The number of carbonyl (C=O) groups excluding carboxylic acids is 1. The van der Waals surface area contributed by atoms with Gasteiger partial charge in [0.15, 0.2) is 9.84 Å². The van der Waals surface area contributed by atoms with E-state index in [0.29, 0.717) is 17.5 Å². The van der Waals surface area contributed by atoms with Crippen LogP contribution in [0.15, 0.2) is 53.4 Å². The standard InChI is InChI=1S/C20H23F3N2O3S/c1-3-4-17(19(24)26)25-18(20(21,22)23)15-7-5-13(6-8-15)14-9-11-16(12-10-14)29(2,27)28/h5-12,17-18,25H,3-4H2,1-2H3,(H2,24,26)/t17-,18-/m0/s1. The Labute approximate surface area is 168 Å². The van der Waals surface area contributed by atoms with Gasteiger partial charge in [0.2, 0.25) is 5.91 Å². The van der Waals surface area contributed by atoms with Gasteiger partial charge in [0.1, 0.15) is 6.04 Å². The van der Waals surface area contributed by atoms with Crippen LogP contribution < -0.4 is 11.1 Å². The molecule has 0 aromatic heterocycles. The Morgan fingerprint density at radius 3 is 1.90 bits per heavy atom. The number of benzene rings is 2. The first-order valence-electron chi connectivity index (χ1n) is 8.96. The zero-order valence-electron chi connectivity index (χ0n) is 16.0. The summed E-state index contributed by atoms with van der Waals surface area (Å²) in [7, 11) is -3.33. The van der Waals surface area contributed by atoms with E-state index in [1.807, 2.05) is 0 Å². The van der Waals surface area contributed by atoms with Crippen LogP contribution in [0, 0.1) is 0 Å². The van der Waals surface area contributed by atoms with Crippen LogP contribution in [0.3, 0.4) is 0 Å². The molecule has 1 amide bonds. The van der Waals surface area contributed by atoms with Gasteiger partial charge in [-0.25, -0.2) is 8.42 Å². The lowest BCUT2D eigenvalue weighted by Gasteiger charge is -2.26. The van der Waals surface area contributed by atoms with Gasteiger partial charge in [-0.1, -0.05) is 49.7 Å². The Balaban J connectivity index is 2.30. The van der Waals surface area contributed by atoms with Gasteiger partial charge in [0, 0.05) is 6.26 Å². The van der Waals surface area contributed by atoms with Gasteiger partial charge in [-0.2, -0.15) is 13.2 Å². The number of carbonyl (C=O) groups is 1. The Kier molecular flexibility index (Phi) is 7.07. The van der Waals surface area contributed by atoms with Gasteiger partial charge in [-0.3, -0.25) is 10.1 Å². The topological polar surface area (TPSA) is 89.3 Å². The van der Waals surface area contributed by atoms with Crippen LogP contribution in [-0.2, 0) is 14.6 Å². The zero-order chi connectivity index (χ0) is 21.8. The Morgan fingerprint density at radius 2 is 1.52 bits per heavy atom. The molecule has 158 valence electrons. The average Bonchev–Trinajstić information content (AvgIpc) is 2.63. The summed E-state index contributed by atoms with van der Waals surface area (Å²) in [6.45, 7) is 1.75. The maximum Gasteiger partial charge on any atom is 0.407 e. The minimum Gasteiger partial charge on any atom is -0.368 e. The molecule has 29 heavy (non-hydrogen) atoms. The van der Waals surface area contributed by atoms with Crippen molar-refractivity contribution in [1.82, 2.24) is 5.32 Å². The van der Waals surface area contributed by atoms with Crippen molar-refractivity contribution < 1.29 is 26.4 Å². The molecule has 0 bridgehead atoms. The lowest BCUT2D eigenvalue weighted by molar-refractivity contribution is -0.160. The number of amides is 1. The maximum atomic E-state index is 13.6. The van der Waals surface area contributed by atoms with Crippen molar-refractivity contribution in [2.75, 3.05) is 6.26 Å². The molecule has 0 unspecified atom stereocenters. The first kappa shape index (κ1) is 22.9. The second-order valence-electron chi connectivity index (χ2n) is 6.80. The number of hydrogen-bond donors (Lipinski definition) is 2. The molecular formula is C20H23F3N2O3S. The van der Waals surface area contributed by atoms with Gasteiger partial charge in [0.05, 0.1) is 10.9 Å². The number of nitrogens with two attached hydrogens (primary N) is 1. The largest absolute Gasteiger partial charge is 0.407 e. The highest BCUT2D eigenvalue weighted by atomic mass is 32.2. The monoisotopic (exact) mass is 428 g/mol. The molecule has 5 nitrogen and oxygen atoms in total. The SMILES string of the molecule is CCC[C@H](N[C@@H](c1ccc(-c2ccc(S(C)(=O)=O)cc2)cc1)C(F)(F)F)C(N)=O. The molecule has 9 heteroatoms. The molecule has 0 aliphatic heterocycles. The van der Waals surface area contributed by atoms with E-state index in [9.17, 15) is 26.4 Å². The van der Waals surface area contributed by atoms with E-state index in [1.165, 1.54) is 36.4 Å². The van der Waals surface area contributed by atoms with Gasteiger partial charge in [0.25, 0.3) is 0 Å². The predicted octanol–water partition coefficient (Wildman–Crippen LogP) is 3.60. The third-order valence-corrected chi connectivity index (χ3v) is 5.60. The summed E-state index contributed by atoms with van der Waals surface area (Å²) < 4.78 is 63.8. The van der Waals surface area contributed by atoms with E-state index in [2.05, 4.69) is 5.32 Å². The predicted molar refractivity (Wildman–Crippen MR) is 105 cm³/mol. The summed E-state index contributed by atoms with van der Waals surface area (Å²) in [5.74, 6) is -0.830. The summed E-state index contributed by atoms with van der Waals surface area (Å²) >= 11 is 0. The van der Waals surface area contributed by atoms with Gasteiger partial charge >= 0.3 is 6.18 Å². The zero-order valence-corrected chi connectivity index (χ0v) is 16.8. The number of sulfone groups is 1. The molecule has 2 atom stereocenters. The van der Waals surface area contributed by atoms with E-state index in [1.54, 1.807) is 19.1 Å². The van der Waals surface area contributed by atoms with Crippen molar-refractivity contribution in [3.05, 3.63) is 54.1 Å². The van der Waals surface area contributed by atoms with Gasteiger partial charge in [-0.05, 0) is 35.2 Å². The van der Waals surface area contributed by atoms with Crippen molar-refractivity contribution in [1.29, 1.82) is 0 Å². The first-order valence-corrected chi connectivity index (χ1v) is 10.8. The van der Waals surface area contributed by atoms with Crippen molar-refractivity contribution >= 4 is 15.7 Å². The summed E-state index contributed by atoms with van der Waals surface area (Å²) in [6.07, 6.45) is -2.81. The molecule has 0 saturated carbocycles. The van der Waals surface area contributed by atoms with Crippen molar-refractivity contribution in [2.24, 2.45) is 5.73 Å². The van der Waals surface area contributed by atoms with Crippen molar-refractivity contribution in [3.63, 3.8) is 0 Å². The highest BCUT2D eigenvalue weighted by molar-refractivity contribution is 7.90. The maximum absolute atomic E-state index is 13.6. The minimum atomic E-state index is -4.61. The molecule has 0 aliphatic carbocycles. The van der Waals surface area contributed by atoms with E-state index in [0.717, 1.165) is 6.26 Å². The molecule has 2 aromatic carbocycles.